The molecular weight excluding hydrogens is 194 g/mol. The Kier molecular flexibility index (Phi) is 4.30. The second kappa shape index (κ2) is 5.50. The molecule has 1 heterocycles. The number of hydrogen-bond acceptors (Lipinski definition) is 4. The molecule has 84 valence electrons. The van der Waals surface area contributed by atoms with Crippen LogP contribution in [0.4, 0.5) is 0 Å². The van der Waals surface area contributed by atoms with E-state index in [2.05, 4.69) is 15.3 Å². The first-order valence-corrected chi connectivity index (χ1v) is 5.14. The number of H-pyrrole nitrogens is 1. The van der Waals surface area contributed by atoms with Gasteiger partial charge in [-0.25, -0.2) is 4.98 Å². The zero-order chi connectivity index (χ0) is 11.3. The van der Waals surface area contributed by atoms with Crippen LogP contribution >= 0.6 is 0 Å². The van der Waals surface area contributed by atoms with Crippen LogP contribution in [0.3, 0.4) is 0 Å². The third-order valence-electron chi connectivity index (χ3n) is 2.15. The summed E-state index contributed by atoms with van der Waals surface area (Å²) < 4.78 is 0. The van der Waals surface area contributed by atoms with Gasteiger partial charge in [0.25, 0.3) is 5.56 Å². The van der Waals surface area contributed by atoms with Gasteiger partial charge in [0.15, 0.2) is 0 Å². The molecule has 5 heteroatoms. The number of hydrogen-bond donors (Lipinski definition) is 3. The van der Waals surface area contributed by atoms with Crippen molar-refractivity contribution in [1.29, 1.82) is 0 Å². The van der Waals surface area contributed by atoms with Crippen molar-refractivity contribution in [3.63, 3.8) is 0 Å². The molecule has 0 spiro atoms. The first-order valence-electron chi connectivity index (χ1n) is 5.14. The molecule has 3 N–H and O–H groups in total. The Balaban J connectivity index is 2.92. The van der Waals surface area contributed by atoms with E-state index in [-0.39, 0.29) is 11.4 Å². The van der Waals surface area contributed by atoms with Crippen molar-refractivity contribution in [3.8, 4) is 5.88 Å². The van der Waals surface area contributed by atoms with E-state index in [4.69, 9.17) is 0 Å². The third kappa shape index (κ3) is 3.06. The fourth-order valence-electron chi connectivity index (χ4n) is 1.37. The summed E-state index contributed by atoms with van der Waals surface area (Å²) in [5.74, 6) is 0.387. The van der Waals surface area contributed by atoms with Crippen LogP contribution in [0.5, 0.6) is 5.88 Å². The van der Waals surface area contributed by atoms with E-state index in [1.54, 1.807) is 0 Å². The van der Waals surface area contributed by atoms with E-state index in [0.29, 0.717) is 24.2 Å². The summed E-state index contributed by atoms with van der Waals surface area (Å²) in [6.45, 7) is 2.67. The highest BCUT2D eigenvalue weighted by molar-refractivity contribution is 5.22. The van der Waals surface area contributed by atoms with Crippen LogP contribution in [0, 0.1) is 0 Å². The molecule has 0 atom stereocenters. The topological polar surface area (TPSA) is 78.0 Å². The van der Waals surface area contributed by atoms with Crippen molar-refractivity contribution in [1.82, 2.24) is 15.3 Å². The van der Waals surface area contributed by atoms with Crippen molar-refractivity contribution in [3.05, 3.63) is 21.7 Å². The molecule has 0 unspecified atom stereocenters. The van der Waals surface area contributed by atoms with Gasteiger partial charge >= 0.3 is 0 Å². The van der Waals surface area contributed by atoms with Crippen molar-refractivity contribution >= 4 is 0 Å². The predicted molar refractivity (Wildman–Crippen MR) is 58.1 cm³/mol. The summed E-state index contributed by atoms with van der Waals surface area (Å²) in [4.78, 5) is 18.2. The first kappa shape index (κ1) is 11.7. The number of rotatable bonds is 5. The number of aromatic hydroxyl groups is 1. The zero-order valence-electron chi connectivity index (χ0n) is 9.13. The van der Waals surface area contributed by atoms with Gasteiger partial charge in [-0.2, -0.15) is 0 Å². The molecule has 0 aromatic carbocycles. The number of nitrogens with zero attached hydrogens (tertiary/aromatic N) is 1. The van der Waals surface area contributed by atoms with Gasteiger partial charge in [0, 0.05) is 13.0 Å². The lowest BCUT2D eigenvalue weighted by molar-refractivity contribution is 0.438. The van der Waals surface area contributed by atoms with E-state index in [9.17, 15) is 9.90 Å². The summed E-state index contributed by atoms with van der Waals surface area (Å²) in [6, 6.07) is 0. The lowest BCUT2D eigenvalue weighted by Crippen LogP contribution is -2.19. The van der Waals surface area contributed by atoms with Gasteiger partial charge in [-0.05, 0) is 13.5 Å². The van der Waals surface area contributed by atoms with Crippen LogP contribution in [0.25, 0.3) is 0 Å². The van der Waals surface area contributed by atoms with Crippen LogP contribution in [-0.2, 0) is 12.8 Å². The van der Waals surface area contributed by atoms with Gasteiger partial charge < -0.3 is 15.4 Å². The van der Waals surface area contributed by atoms with Crippen molar-refractivity contribution < 1.29 is 5.11 Å². The Hall–Kier alpha value is -1.36. The second-order valence-corrected chi connectivity index (χ2v) is 3.42. The van der Waals surface area contributed by atoms with E-state index < -0.39 is 0 Å². The van der Waals surface area contributed by atoms with Crippen molar-refractivity contribution in [2.75, 3.05) is 13.6 Å². The summed E-state index contributed by atoms with van der Waals surface area (Å²) in [5, 5.41) is 12.5. The second-order valence-electron chi connectivity index (χ2n) is 3.42. The van der Waals surface area contributed by atoms with Crippen molar-refractivity contribution in [2.24, 2.45) is 0 Å². The molecule has 0 aliphatic carbocycles. The molecule has 1 aromatic rings. The van der Waals surface area contributed by atoms with Crippen LogP contribution in [0.15, 0.2) is 4.79 Å². The molecule has 5 nitrogen and oxygen atoms in total. The molecule has 0 amide bonds. The molecule has 0 aliphatic rings. The Morgan fingerprint density at radius 3 is 2.73 bits per heavy atom. The maximum absolute atomic E-state index is 11.5. The summed E-state index contributed by atoms with van der Waals surface area (Å²) in [5.41, 5.74) is 0.154. The number of aromatic amines is 1. The minimum atomic E-state index is -0.226. The van der Waals surface area contributed by atoms with Crippen LogP contribution < -0.4 is 10.9 Å². The zero-order valence-corrected chi connectivity index (χ0v) is 9.13. The van der Waals surface area contributed by atoms with Crippen LogP contribution in [0.2, 0.25) is 0 Å². The lowest BCUT2D eigenvalue weighted by Gasteiger charge is -2.04. The highest BCUT2D eigenvalue weighted by Gasteiger charge is 2.08. The highest BCUT2D eigenvalue weighted by atomic mass is 16.3. The van der Waals surface area contributed by atoms with Gasteiger partial charge in [-0.3, -0.25) is 4.79 Å². The Morgan fingerprint density at radius 2 is 2.20 bits per heavy atom. The van der Waals surface area contributed by atoms with E-state index in [1.165, 1.54) is 0 Å². The Labute approximate surface area is 88.6 Å². The Morgan fingerprint density at radius 1 is 1.47 bits per heavy atom. The molecule has 0 fully saturated rings. The molecule has 0 saturated heterocycles. The molecule has 15 heavy (non-hydrogen) atoms. The van der Waals surface area contributed by atoms with E-state index in [0.717, 1.165) is 13.0 Å². The number of nitrogens with one attached hydrogen (secondary N) is 2. The maximum atomic E-state index is 11.5. The van der Waals surface area contributed by atoms with Crippen molar-refractivity contribution in [2.45, 2.75) is 26.2 Å². The largest absolute Gasteiger partial charge is 0.493 e. The van der Waals surface area contributed by atoms with Gasteiger partial charge in [0.1, 0.15) is 5.82 Å². The van der Waals surface area contributed by atoms with Gasteiger partial charge in [-0.15, -0.1) is 0 Å². The van der Waals surface area contributed by atoms with E-state index >= 15 is 0 Å². The predicted octanol–water partition coefficient (Wildman–Crippen LogP) is 0.190. The maximum Gasteiger partial charge on any atom is 0.257 e. The minimum absolute atomic E-state index is 0.133. The fraction of sp³-hybridized carbons (Fsp3) is 0.600. The number of aromatic nitrogens is 2. The van der Waals surface area contributed by atoms with Gasteiger partial charge in [0.05, 0.1) is 5.56 Å². The molecular formula is C10H17N3O2. The quantitative estimate of drug-likeness (QED) is 0.649. The summed E-state index contributed by atoms with van der Waals surface area (Å²) in [7, 11) is 1.82. The smallest absolute Gasteiger partial charge is 0.257 e. The minimum Gasteiger partial charge on any atom is -0.493 e. The lowest BCUT2D eigenvalue weighted by atomic mass is 10.2. The molecule has 0 saturated carbocycles. The number of likely N-dealkylation sites (N-methyl/N-ethyl adjacent to an activating group) is 1. The van der Waals surface area contributed by atoms with Gasteiger partial charge in [-0.1, -0.05) is 13.3 Å². The monoisotopic (exact) mass is 211 g/mol. The molecule has 1 rings (SSSR count). The molecule has 0 bridgehead atoms. The van der Waals surface area contributed by atoms with E-state index in [1.807, 2.05) is 14.0 Å². The summed E-state index contributed by atoms with van der Waals surface area (Å²) >= 11 is 0. The molecule has 1 aromatic heterocycles. The molecule has 0 radical (unpaired) electrons. The third-order valence-corrected chi connectivity index (χ3v) is 2.15. The van der Waals surface area contributed by atoms with Gasteiger partial charge in [0.2, 0.25) is 5.88 Å². The molecule has 0 aliphatic heterocycles. The Bertz CT molecular complexity index is 373. The SMILES string of the molecule is CCCc1c(O)nc(CCNC)[nH]c1=O. The fourth-order valence-corrected chi connectivity index (χ4v) is 1.37. The average Bonchev–Trinajstić information content (AvgIpc) is 2.20. The van der Waals surface area contributed by atoms with Crippen LogP contribution in [0.1, 0.15) is 24.7 Å². The normalized spacial score (nSPS) is 10.5. The van der Waals surface area contributed by atoms with Crippen LogP contribution in [-0.4, -0.2) is 28.7 Å². The average molecular weight is 211 g/mol. The highest BCUT2D eigenvalue weighted by Crippen LogP contribution is 2.10. The first-order chi connectivity index (χ1) is 7.19. The standard InChI is InChI=1S/C10H17N3O2/c1-3-4-7-9(14)12-8(5-6-11-2)13-10(7)15/h11H,3-6H2,1-2H3,(H2,12,13,14,15). The summed E-state index contributed by atoms with van der Waals surface area (Å²) in [6.07, 6.45) is 1.97.